The topological polar surface area (TPSA) is 102 Å². The first-order valence-corrected chi connectivity index (χ1v) is 6.94. The van der Waals surface area contributed by atoms with Crippen LogP contribution in [0.4, 0.5) is 5.69 Å². The standard InChI is InChI=1S/C17H14N2O5/c20-17(21)10-7-13-1-3-14(4-2-13)11-18-24-12-15-5-8-16(9-6-15)19(22)23/h1-11H,12H2,(H,20,21)/b10-7+,18-11+. The minimum atomic E-state index is -1.000. The van der Waals surface area contributed by atoms with Crippen molar-refractivity contribution in [1.82, 2.24) is 0 Å². The van der Waals surface area contributed by atoms with Gasteiger partial charge < -0.3 is 9.94 Å². The summed E-state index contributed by atoms with van der Waals surface area (Å²) in [6, 6.07) is 13.1. The molecule has 24 heavy (non-hydrogen) atoms. The zero-order valence-electron chi connectivity index (χ0n) is 12.5. The van der Waals surface area contributed by atoms with Crippen LogP contribution < -0.4 is 0 Å². The number of oxime groups is 1. The van der Waals surface area contributed by atoms with Crippen molar-refractivity contribution >= 4 is 23.9 Å². The van der Waals surface area contributed by atoms with Gasteiger partial charge in [-0.3, -0.25) is 10.1 Å². The maximum absolute atomic E-state index is 10.5. The predicted molar refractivity (Wildman–Crippen MR) is 88.6 cm³/mol. The SMILES string of the molecule is O=C(O)/C=C/c1ccc(/C=N/OCc2ccc([N+](=O)[O-])cc2)cc1. The van der Waals surface area contributed by atoms with Crippen molar-refractivity contribution in [3.63, 3.8) is 0 Å². The molecular formula is C17H14N2O5. The monoisotopic (exact) mass is 326 g/mol. The molecule has 0 aliphatic carbocycles. The summed E-state index contributed by atoms with van der Waals surface area (Å²) >= 11 is 0. The number of nitro benzene ring substituents is 1. The average molecular weight is 326 g/mol. The maximum Gasteiger partial charge on any atom is 0.328 e. The van der Waals surface area contributed by atoms with Gasteiger partial charge in [-0.1, -0.05) is 29.4 Å². The van der Waals surface area contributed by atoms with Gasteiger partial charge in [-0.25, -0.2) is 4.79 Å². The Kier molecular flexibility index (Phi) is 5.79. The van der Waals surface area contributed by atoms with Gasteiger partial charge in [-0.15, -0.1) is 0 Å². The molecule has 0 heterocycles. The van der Waals surface area contributed by atoms with Crippen molar-refractivity contribution in [2.45, 2.75) is 6.61 Å². The van der Waals surface area contributed by atoms with E-state index in [1.165, 1.54) is 24.4 Å². The zero-order chi connectivity index (χ0) is 17.4. The number of nitrogens with zero attached hydrogens (tertiary/aromatic N) is 2. The molecule has 1 N–H and O–H groups in total. The Morgan fingerprint density at radius 2 is 1.75 bits per heavy atom. The molecule has 0 fully saturated rings. The second kappa shape index (κ2) is 8.23. The summed E-state index contributed by atoms with van der Waals surface area (Å²) in [6.07, 6.45) is 4.08. The van der Waals surface area contributed by atoms with Crippen LogP contribution in [0.3, 0.4) is 0 Å². The number of non-ortho nitro benzene ring substituents is 1. The van der Waals surface area contributed by atoms with E-state index in [0.29, 0.717) is 0 Å². The fourth-order valence-corrected chi connectivity index (χ4v) is 1.78. The third kappa shape index (κ3) is 5.38. The highest BCUT2D eigenvalue weighted by Gasteiger charge is 2.03. The summed E-state index contributed by atoms with van der Waals surface area (Å²) < 4.78 is 0. The number of aliphatic carboxylic acids is 1. The van der Waals surface area contributed by atoms with Crippen molar-refractivity contribution in [1.29, 1.82) is 0 Å². The van der Waals surface area contributed by atoms with Crippen molar-refractivity contribution in [2.75, 3.05) is 0 Å². The van der Waals surface area contributed by atoms with Gasteiger partial charge in [-0.2, -0.15) is 0 Å². The Balaban J connectivity index is 1.85. The van der Waals surface area contributed by atoms with Crippen LogP contribution in [-0.2, 0) is 16.2 Å². The highest BCUT2D eigenvalue weighted by atomic mass is 16.6. The first-order chi connectivity index (χ1) is 11.5. The molecule has 0 radical (unpaired) electrons. The first kappa shape index (κ1) is 16.9. The molecule has 0 aromatic heterocycles. The fraction of sp³-hybridized carbons (Fsp3) is 0.0588. The number of hydrogen-bond acceptors (Lipinski definition) is 5. The molecular weight excluding hydrogens is 312 g/mol. The van der Waals surface area contributed by atoms with Crippen LogP contribution in [0.5, 0.6) is 0 Å². The highest BCUT2D eigenvalue weighted by Crippen LogP contribution is 2.12. The second-order valence-electron chi connectivity index (χ2n) is 4.77. The summed E-state index contributed by atoms with van der Waals surface area (Å²) in [5, 5.41) is 22.9. The van der Waals surface area contributed by atoms with E-state index in [0.717, 1.165) is 22.8 Å². The first-order valence-electron chi connectivity index (χ1n) is 6.94. The molecule has 0 aliphatic heterocycles. The quantitative estimate of drug-likeness (QED) is 0.364. The molecule has 0 unspecified atom stereocenters. The Morgan fingerprint density at radius 1 is 1.12 bits per heavy atom. The molecule has 122 valence electrons. The fourth-order valence-electron chi connectivity index (χ4n) is 1.78. The maximum atomic E-state index is 10.5. The van der Waals surface area contributed by atoms with Crippen molar-refractivity contribution in [2.24, 2.45) is 5.16 Å². The van der Waals surface area contributed by atoms with Crippen LogP contribution in [0.1, 0.15) is 16.7 Å². The van der Waals surface area contributed by atoms with Gasteiger partial charge in [0.05, 0.1) is 11.1 Å². The molecule has 2 rings (SSSR count). The van der Waals surface area contributed by atoms with Gasteiger partial charge in [0.1, 0.15) is 6.61 Å². The van der Waals surface area contributed by atoms with Crippen molar-refractivity contribution < 1.29 is 19.7 Å². The van der Waals surface area contributed by atoms with Gasteiger partial charge in [0.25, 0.3) is 5.69 Å². The third-order valence-corrected chi connectivity index (χ3v) is 3.01. The molecule has 2 aromatic carbocycles. The number of benzene rings is 2. The lowest BCUT2D eigenvalue weighted by Gasteiger charge is -2.00. The molecule has 0 saturated carbocycles. The Morgan fingerprint density at radius 3 is 2.33 bits per heavy atom. The van der Waals surface area contributed by atoms with E-state index in [-0.39, 0.29) is 12.3 Å². The average Bonchev–Trinajstić information content (AvgIpc) is 2.58. The van der Waals surface area contributed by atoms with Gasteiger partial charge in [0, 0.05) is 18.2 Å². The molecule has 7 nitrogen and oxygen atoms in total. The van der Waals surface area contributed by atoms with E-state index >= 15 is 0 Å². The van der Waals surface area contributed by atoms with E-state index in [1.807, 2.05) is 0 Å². The number of rotatable bonds is 7. The zero-order valence-corrected chi connectivity index (χ0v) is 12.5. The number of carboxylic acid groups (broad SMARTS) is 1. The molecule has 2 aromatic rings. The smallest absolute Gasteiger partial charge is 0.328 e. The normalized spacial score (nSPS) is 11.0. The summed E-state index contributed by atoms with van der Waals surface area (Å²) in [7, 11) is 0. The van der Waals surface area contributed by atoms with Crippen molar-refractivity contribution in [3.05, 3.63) is 81.4 Å². The van der Waals surface area contributed by atoms with Gasteiger partial charge in [-0.05, 0) is 34.9 Å². The Bertz CT molecular complexity index is 765. The molecule has 0 aliphatic rings. The molecule has 0 spiro atoms. The predicted octanol–water partition coefficient (Wildman–Crippen LogP) is 3.24. The Hall–Kier alpha value is -3.48. The second-order valence-corrected chi connectivity index (χ2v) is 4.77. The van der Waals surface area contributed by atoms with E-state index < -0.39 is 10.9 Å². The lowest BCUT2D eigenvalue weighted by atomic mass is 10.1. The number of nitro groups is 1. The highest BCUT2D eigenvalue weighted by molar-refractivity contribution is 5.85. The Labute approximate surface area is 137 Å². The number of carbonyl (C=O) groups is 1. The minimum Gasteiger partial charge on any atom is -0.478 e. The van der Waals surface area contributed by atoms with Crippen LogP contribution in [0.25, 0.3) is 6.08 Å². The minimum absolute atomic E-state index is 0.0271. The molecule has 0 atom stereocenters. The van der Waals surface area contributed by atoms with Crippen molar-refractivity contribution in [3.8, 4) is 0 Å². The van der Waals surface area contributed by atoms with Crippen LogP contribution >= 0.6 is 0 Å². The lowest BCUT2D eigenvalue weighted by Crippen LogP contribution is -1.91. The molecule has 0 saturated heterocycles. The molecule has 0 amide bonds. The van der Waals surface area contributed by atoms with Gasteiger partial charge >= 0.3 is 5.97 Å². The van der Waals surface area contributed by atoms with E-state index in [9.17, 15) is 14.9 Å². The summed E-state index contributed by atoms with van der Waals surface area (Å²) in [5.41, 5.74) is 2.36. The number of carboxylic acids is 1. The molecule has 0 bridgehead atoms. The van der Waals surface area contributed by atoms with Crippen LogP contribution in [0.15, 0.2) is 59.8 Å². The summed E-state index contributed by atoms with van der Waals surface area (Å²) in [6.45, 7) is 0.202. The van der Waals surface area contributed by atoms with Gasteiger partial charge in [0.15, 0.2) is 0 Å². The summed E-state index contributed by atoms with van der Waals surface area (Å²) in [4.78, 5) is 25.7. The number of hydrogen-bond donors (Lipinski definition) is 1. The van der Waals surface area contributed by atoms with E-state index in [2.05, 4.69) is 5.16 Å². The third-order valence-electron chi connectivity index (χ3n) is 3.01. The summed E-state index contributed by atoms with van der Waals surface area (Å²) in [5.74, 6) is -1.000. The van der Waals surface area contributed by atoms with E-state index in [1.54, 1.807) is 36.4 Å². The van der Waals surface area contributed by atoms with Crippen LogP contribution in [0, 0.1) is 10.1 Å². The lowest BCUT2D eigenvalue weighted by molar-refractivity contribution is -0.384. The van der Waals surface area contributed by atoms with E-state index in [4.69, 9.17) is 9.94 Å². The largest absolute Gasteiger partial charge is 0.478 e. The van der Waals surface area contributed by atoms with Crippen LogP contribution in [0.2, 0.25) is 0 Å². The van der Waals surface area contributed by atoms with Crippen LogP contribution in [-0.4, -0.2) is 22.2 Å². The molecule has 7 heteroatoms. The van der Waals surface area contributed by atoms with Gasteiger partial charge in [0.2, 0.25) is 0 Å².